The summed E-state index contributed by atoms with van der Waals surface area (Å²) in [7, 11) is -3.15. The maximum atomic E-state index is 11.6. The van der Waals surface area contributed by atoms with Crippen LogP contribution >= 0.6 is 0 Å². The van der Waals surface area contributed by atoms with Crippen molar-refractivity contribution in [3.05, 3.63) is 17.5 Å². The van der Waals surface area contributed by atoms with Crippen molar-refractivity contribution in [3.63, 3.8) is 0 Å². The molecular weight excluding hydrogens is 264 g/mol. The second kappa shape index (κ2) is 7.62. The van der Waals surface area contributed by atoms with E-state index >= 15 is 0 Å². The maximum absolute atomic E-state index is 11.6. The highest BCUT2D eigenvalue weighted by atomic mass is 32.2. The Hall–Kier alpha value is -0.920. The molecule has 0 atom stereocenters. The molecule has 0 aliphatic carbocycles. The van der Waals surface area contributed by atoms with Crippen molar-refractivity contribution in [2.24, 2.45) is 5.73 Å². The molecule has 1 rings (SSSR count). The maximum Gasteiger partial charge on any atom is 0.211 e. The zero-order valence-corrected chi connectivity index (χ0v) is 12.5. The Labute approximate surface area is 115 Å². The number of sulfonamides is 1. The normalized spacial score (nSPS) is 11.9. The summed E-state index contributed by atoms with van der Waals surface area (Å²) in [5.74, 6) is 0.157. The van der Waals surface area contributed by atoms with Gasteiger partial charge in [0.1, 0.15) is 0 Å². The zero-order chi connectivity index (χ0) is 14.3. The first kappa shape index (κ1) is 16.1. The molecule has 0 spiro atoms. The van der Waals surface area contributed by atoms with Crippen LogP contribution in [0, 0.1) is 13.8 Å². The van der Waals surface area contributed by atoms with Crippen LogP contribution in [0.4, 0.5) is 0 Å². The van der Waals surface area contributed by atoms with Crippen LogP contribution in [0.5, 0.6) is 0 Å². The highest BCUT2D eigenvalue weighted by Gasteiger charge is 2.08. The number of nitrogens with two attached hydrogens (primary N) is 1. The van der Waals surface area contributed by atoms with Gasteiger partial charge in [0.15, 0.2) is 0 Å². The topological polar surface area (TPSA) is 90.0 Å². The van der Waals surface area contributed by atoms with Crippen molar-refractivity contribution in [2.75, 3.05) is 18.8 Å². The molecule has 7 heteroatoms. The molecule has 0 aliphatic rings. The van der Waals surface area contributed by atoms with Crippen molar-refractivity contribution in [3.8, 4) is 0 Å². The van der Waals surface area contributed by atoms with Crippen molar-refractivity contribution in [1.29, 1.82) is 0 Å². The van der Waals surface area contributed by atoms with E-state index in [1.54, 1.807) is 0 Å². The predicted molar refractivity (Wildman–Crippen MR) is 76.4 cm³/mol. The van der Waals surface area contributed by atoms with Gasteiger partial charge in [-0.25, -0.2) is 13.1 Å². The Balaban J connectivity index is 2.25. The standard InChI is InChI=1S/C12H24N4O2S/c1-11-10-12(2)16(15-11)8-5-7-14-19(17,18)9-4-3-6-13/h10,14H,3-9,13H2,1-2H3. The van der Waals surface area contributed by atoms with E-state index in [1.807, 2.05) is 24.6 Å². The lowest BCUT2D eigenvalue weighted by atomic mass is 10.3. The number of hydrogen-bond donors (Lipinski definition) is 2. The minimum absolute atomic E-state index is 0.157. The third-order valence-corrected chi connectivity index (χ3v) is 4.31. The van der Waals surface area contributed by atoms with Crippen LogP contribution < -0.4 is 10.5 Å². The number of aryl methyl sites for hydroxylation is 3. The SMILES string of the molecule is Cc1cc(C)n(CCCNS(=O)(=O)CCCCN)n1. The number of hydrogen-bond acceptors (Lipinski definition) is 4. The van der Waals surface area contributed by atoms with Gasteiger partial charge in [-0.2, -0.15) is 5.10 Å². The zero-order valence-electron chi connectivity index (χ0n) is 11.7. The first-order valence-corrected chi connectivity index (χ1v) is 8.28. The van der Waals surface area contributed by atoms with E-state index in [0.29, 0.717) is 19.5 Å². The summed E-state index contributed by atoms with van der Waals surface area (Å²) < 4.78 is 27.7. The second-order valence-electron chi connectivity index (χ2n) is 4.71. The van der Waals surface area contributed by atoms with Gasteiger partial charge in [-0.1, -0.05) is 0 Å². The van der Waals surface area contributed by atoms with E-state index in [2.05, 4.69) is 9.82 Å². The third-order valence-electron chi connectivity index (χ3n) is 2.84. The lowest BCUT2D eigenvalue weighted by Gasteiger charge is -2.07. The summed E-state index contributed by atoms with van der Waals surface area (Å²) >= 11 is 0. The Morgan fingerprint density at radius 1 is 1.32 bits per heavy atom. The highest BCUT2D eigenvalue weighted by molar-refractivity contribution is 7.89. The van der Waals surface area contributed by atoms with Crippen LogP contribution in [0.3, 0.4) is 0 Å². The van der Waals surface area contributed by atoms with Gasteiger partial charge >= 0.3 is 0 Å². The molecule has 19 heavy (non-hydrogen) atoms. The van der Waals surface area contributed by atoms with Crippen LogP contribution in [0.15, 0.2) is 6.07 Å². The summed E-state index contributed by atoms with van der Waals surface area (Å²) in [6.45, 7) is 5.66. The molecule has 6 nitrogen and oxygen atoms in total. The molecule has 0 aromatic carbocycles. The van der Waals surface area contributed by atoms with Crippen LogP contribution in [0.25, 0.3) is 0 Å². The van der Waals surface area contributed by atoms with E-state index in [4.69, 9.17) is 5.73 Å². The van der Waals surface area contributed by atoms with E-state index in [9.17, 15) is 8.42 Å². The summed E-state index contributed by atoms with van der Waals surface area (Å²) in [6.07, 6.45) is 2.09. The van der Waals surface area contributed by atoms with Gasteiger partial charge in [-0.15, -0.1) is 0 Å². The van der Waals surface area contributed by atoms with Gasteiger partial charge in [-0.05, 0) is 45.7 Å². The fourth-order valence-corrected chi connectivity index (χ4v) is 3.05. The first-order valence-electron chi connectivity index (χ1n) is 6.63. The summed E-state index contributed by atoms with van der Waals surface area (Å²) in [5, 5.41) is 4.33. The molecule has 0 fully saturated rings. The number of nitrogens with one attached hydrogen (secondary N) is 1. The lowest BCUT2D eigenvalue weighted by Crippen LogP contribution is -2.28. The molecule has 0 unspecified atom stereocenters. The Morgan fingerprint density at radius 2 is 2.05 bits per heavy atom. The van der Waals surface area contributed by atoms with Gasteiger partial charge in [0, 0.05) is 18.8 Å². The molecule has 3 N–H and O–H groups in total. The Kier molecular flexibility index (Phi) is 6.47. The second-order valence-corrected chi connectivity index (χ2v) is 6.64. The average molecular weight is 288 g/mol. The molecule has 1 aromatic rings. The van der Waals surface area contributed by atoms with E-state index in [0.717, 1.165) is 30.8 Å². The monoisotopic (exact) mass is 288 g/mol. The van der Waals surface area contributed by atoms with E-state index in [-0.39, 0.29) is 5.75 Å². The molecule has 0 radical (unpaired) electrons. The Bertz CT molecular complexity index is 482. The number of aromatic nitrogens is 2. The first-order chi connectivity index (χ1) is 8.94. The van der Waals surface area contributed by atoms with Crippen molar-refractivity contribution in [2.45, 2.75) is 39.7 Å². The third kappa shape index (κ3) is 6.17. The fraction of sp³-hybridized carbons (Fsp3) is 0.750. The van der Waals surface area contributed by atoms with Crippen LogP contribution in [-0.2, 0) is 16.6 Å². The van der Waals surface area contributed by atoms with Gasteiger partial charge in [-0.3, -0.25) is 4.68 Å². The smallest absolute Gasteiger partial charge is 0.211 e. The molecule has 0 saturated carbocycles. The molecule has 0 aliphatic heterocycles. The summed E-state index contributed by atoms with van der Waals surface area (Å²) in [6, 6.07) is 2.01. The minimum atomic E-state index is -3.15. The largest absolute Gasteiger partial charge is 0.330 e. The van der Waals surface area contributed by atoms with E-state index < -0.39 is 10.0 Å². The Morgan fingerprint density at radius 3 is 2.63 bits per heavy atom. The quantitative estimate of drug-likeness (QED) is 0.649. The highest BCUT2D eigenvalue weighted by Crippen LogP contribution is 2.02. The van der Waals surface area contributed by atoms with Crippen LogP contribution in [0.1, 0.15) is 30.7 Å². The molecule has 1 heterocycles. The number of nitrogens with zero attached hydrogens (tertiary/aromatic N) is 2. The van der Waals surface area contributed by atoms with Crippen LogP contribution in [-0.4, -0.2) is 37.0 Å². The molecule has 0 amide bonds. The molecule has 0 bridgehead atoms. The molecule has 1 aromatic heterocycles. The van der Waals surface area contributed by atoms with E-state index in [1.165, 1.54) is 0 Å². The van der Waals surface area contributed by atoms with Gasteiger partial charge < -0.3 is 5.73 Å². The average Bonchev–Trinajstić information content (AvgIpc) is 2.64. The minimum Gasteiger partial charge on any atom is -0.330 e. The van der Waals surface area contributed by atoms with Gasteiger partial charge in [0.25, 0.3) is 0 Å². The van der Waals surface area contributed by atoms with Crippen molar-refractivity contribution < 1.29 is 8.42 Å². The molecule has 110 valence electrons. The number of rotatable bonds is 9. The van der Waals surface area contributed by atoms with Crippen LogP contribution in [0.2, 0.25) is 0 Å². The molecule has 0 saturated heterocycles. The summed E-state index contributed by atoms with van der Waals surface area (Å²) in [5.41, 5.74) is 7.42. The number of unbranched alkanes of at least 4 members (excludes halogenated alkanes) is 1. The predicted octanol–water partition coefficient (Wildman–Crippen LogP) is 0.548. The van der Waals surface area contributed by atoms with Gasteiger partial charge in [0.2, 0.25) is 10.0 Å². The van der Waals surface area contributed by atoms with Gasteiger partial charge in [0.05, 0.1) is 11.4 Å². The van der Waals surface area contributed by atoms with Crippen molar-refractivity contribution >= 4 is 10.0 Å². The lowest BCUT2D eigenvalue weighted by molar-refractivity contribution is 0.543. The fourth-order valence-electron chi connectivity index (χ4n) is 1.87. The molecular formula is C12H24N4O2S. The van der Waals surface area contributed by atoms with Crippen molar-refractivity contribution in [1.82, 2.24) is 14.5 Å². The summed E-state index contributed by atoms with van der Waals surface area (Å²) in [4.78, 5) is 0.